The van der Waals surface area contributed by atoms with Crippen LogP contribution in [0.4, 0.5) is 0 Å². The number of fused-ring (bicyclic) bond motifs is 1. The molecule has 0 spiro atoms. The fourth-order valence-electron chi connectivity index (χ4n) is 4.53. The van der Waals surface area contributed by atoms with Crippen molar-refractivity contribution < 1.29 is 0 Å². The Morgan fingerprint density at radius 2 is 0.857 bits per heavy atom. The second-order valence-electron chi connectivity index (χ2n) is 15.4. The lowest BCUT2D eigenvalue weighted by Gasteiger charge is -2.31. The molecule has 3 rings (SSSR count). The van der Waals surface area contributed by atoms with E-state index in [1.54, 1.807) is 17.6 Å². The molecule has 0 radical (unpaired) electrons. The van der Waals surface area contributed by atoms with Crippen molar-refractivity contribution in [1.82, 2.24) is 0 Å². The molecule has 0 fully saturated rings. The Balaban J connectivity index is 0.000000295. The topological polar surface area (TPSA) is 0 Å². The first-order valence-corrected chi connectivity index (χ1v) is 31.3. The molecule has 0 aromatic heterocycles. The van der Waals surface area contributed by atoms with Crippen molar-refractivity contribution in [2.45, 2.75) is 104 Å². The molecule has 0 unspecified atom stereocenters. The molecular formula is C36H52I2Si4. The van der Waals surface area contributed by atoms with E-state index in [9.17, 15) is 0 Å². The van der Waals surface area contributed by atoms with Crippen molar-refractivity contribution in [3.8, 4) is 22.9 Å². The lowest BCUT2D eigenvalue weighted by molar-refractivity contribution is 0.984. The molecule has 0 atom stereocenters. The van der Waals surface area contributed by atoms with Gasteiger partial charge in [0, 0.05) is 12.8 Å². The Bertz CT molecular complexity index is 1320. The third kappa shape index (κ3) is 12.8. The van der Waals surface area contributed by atoms with Gasteiger partial charge in [0.1, 0.15) is 16.1 Å². The predicted octanol–water partition coefficient (Wildman–Crippen LogP) is 11.5. The molecule has 1 aliphatic rings. The van der Waals surface area contributed by atoms with E-state index in [0.717, 1.165) is 25.7 Å². The number of halogens is 2. The first-order valence-electron chi connectivity index (χ1n) is 15.1. The van der Waals surface area contributed by atoms with Crippen LogP contribution < -0.4 is 0 Å². The molecule has 42 heavy (non-hydrogen) atoms. The maximum atomic E-state index is 3.44. The normalized spacial score (nSPS) is 16.0. The van der Waals surface area contributed by atoms with Crippen LogP contribution in [0, 0.1) is 22.9 Å². The van der Waals surface area contributed by atoms with Crippen molar-refractivity contribution in [3.63, 3.8) is 0 Å². The van der Waals surface area contributed by atoms with E-state index in [1.807, 2.05) is 0 Å². The first-order chi connectivity index (χ1) is 19.2. The van der Waals surface area contributed by atoms with Gasteiger partial charge in [0.05, 0.1) is 16.1 Å². The first kappa shape index (κ1) is 37.6. The second kappa shape index (κ2) is 15.6. The van der Waals surface area contributed by atoms with Gasteiger partial charge in [-0.25, -0.2) is 0 Å². The molecule has 0 saturated carbocycles. The monoisotopic (exact) mass is 850 g/mol. The van der Waals surface area contributed by atoms with Crippen molar-refractivity contribution >= 4 is 77.5 Å². The van der Waals surface area contributed by atoms with Crippen molar-refractivity contribution in [1.29, 1.82) is 0 Å². The molecule has 0 saturated heterocycles. The van der Waals surface area contributed by atoms with Gasteiger partial charge in [-0.2, -0.15) is 0 Å². The maximum absolute atomic E-state index is 3.44. The summed E-state index contributed by atoms with van der Waals surface area (Å²) in [5.74, 6) is 6.72. The van der Waals surface area contributed by atoms with Gasteiger partial charge in [-0.1, -0.05) is 172 Å². The Kier molecular flexibility index (Phi) is 13.9. The zero-order chi connectivity index (χ0) is 31.9. The van der Waals surface area contributed by atoms with Gasteiger partial charge < -0.3 is 0 Å². The summed E-state index contributed by atoms with van der Waals surface area (Å²) in [5.41, 5.74) is 15.9. The van der Waals surface area contributed by atoms with E-state index in [0.29, 0.717) is 0 Å². The Morgan fingerprint density at radius 1 is 0.548 bits per heavy atom. The van der Waals surface area contributed by atoms with Crippen LogP contribution in [0.25, 0.3) is 0 Å². The lowest BCUT2D eigenvalue weighted by atomic mass is 9.86. The molecule has 0 heterocycles. The summed E-state index contributed by atoms with van der Waals surface area (Å²) in [7, 11) is -5.07. The van der Waals surface area contributed by atoms with Gasteiger partial charge in [0.25, 0.3) is 0 Å². The van der Waals surface area contributed by atoms with E-state index in [2.05, 4.69) is 195 Å². The van der Waals surface area contributed by atoms with Crippen LogP contribution in [0.1, 0.15) is 22.3 Å². The van der Waals surface area contributed by atoms with Crippen LogP contribution in [0.2, 0.25) is 78.6 Å². The Hall–Kier alpha value is -0.632. The van der Waals surface area contributed by atoms with Gasteiger partial charge >= 0.3 is 0 Å². The van der Waals surface area contributed by atoms with Crippen LogP contribution in [0.15, 0.2) is 66.1 Å². The van der Waals surface area contributed by atoms with Crippen LogP contribution in [0.5, 0.6) is 0 Å². The van der Waals surface area contributed by atoms with Crippen molar-refractivity contribution in [2.24, 2.45) is 0 Å². The average molecular weight is 851 g/mol. The maximum Gasteiger partial charge on any atom is 0.129 e. The van der Waals surface area contributed by atoms with E-state index in [4.69, 9.17) is 0 Å². The highest BCUT2D eigenvalue weighted by atomic mass is 127. The summed E-state index contributed by atoms with van der Waals surface area (Å²) in [6.07, 6.45) is 3.97. The molecule has 0 nitrogen and oxygen atoms in total. The standard InChI is InChI=1S/C18H26I2Si2.C18H26Si2/c1-21(2,3)17(19)15-11-13-9-7-8-10-14(13)12-16(15)18(20)22(4,5)6;1-19(2,3)15-9-13-17-11-7-8-12-18(17)14-10-16-20(4,5)6/h7-10H,11-12H2,1-6H3;7-8,11-12H,13-14H2,1-6H3/b17-15+,18-16+;. The van der Waals surface area contributed by atoms with E-state index >= 15 is 0 Å². The molecule has 1 aliphatic carbocycles. The third-order valence-electron chi connectivity index (χ3n) is 6.67. The molecule has 6 heteroatoms. The average Bonchev–Trinajstić information content (AvgIpc) is 2.86. The summed E-state index contributed by atoms with van der Waals surface area (Å²) in [4.78, 5) is 0. The van der Waals surface area contributed by atoms with Gasteiger partial charge in [-0.15, -0.1) is 22.9 Å². The fourth-order valence-corrected chi connectivity index (χ4v) is 9.09. The Morgan fingerprint density at radius 3 is 1.14 bits per heavy atom. The second-order valence-corrected chi connectivity index (χ2v) is 39.1. The van der Waals surface area contributed by atoms with E-state index in [-0.39, 0.29) is 0 Å². The highest BCUT2D eigenvalue weighted by molar-refractivity contribution is 14.1. The van der Waals surface area contributed by atoms with Gasteiger partial charge in [0.15, 0.2) is 0 Å². The molecule has 0 bridgehead atoms. The quantitative estimate of drug-likeness (QED) is 0.163. The fraction of sp³-hybridized carbons (Fsp3) is 0.444. The Labute approximate surface area is 290 Å². The van der Waals surface area contributed by atoms with Gasteiger partial charge in [0.2, 0.25) is 0 Å². The number of allylic oxidation sites excluding steroid dienone is 2. The van der Waals surface area contributed by atoms with Gasteiger partial charge in [-0.05, 0) is 52.6 Å². The third-order valence-corrected chi connectivity index (χ3v) is 22.8. The van der Waals surface area contributed by atoms with Gasteiger partial charge in [-0.3, -0.25) is 0 Å². The van der Waals surface area contributed by atoms with E-state index in [1.165, 1.54) is 22.3 Å². The molecule has 0 aliphatic heterocycles. The van der Waals surface area contributed by atoms with Crippen LogP contribution >= 0.6 is 45.2 Å². The van der Waals surface area contributed by atoms with Crippen LogP contribution in [-0.2, 0) is 25.7 Å². The van der Waals surface area contributed by atoms with E-state index < -0.39 is 32.3 Å². The van der Waals surface area contributed by atoms with Crippen LogP contribution in [0.3, 0.4) is 0 Å². The highest BCUT2D eigenvalue weighted by Gasteiger charge is 2.30. The number of hydrogen-bond acceptors (Lipinski definition) is 0. The zero-order valence-electron chi connectivity index (χ0n) is 28.2. The number of rotatable bonds is 4. The molecule has 2 aromatic rings. The largest absolute Gasteiger partial charge is 0.132 e. The van der Waals surface area contributed by atoms with Crippen molar-refractivity contribution in [3.05, 3.63) is 88.3 Å². The molecule has 0 N–H and O–H groups in total. The summed E-state index contributed by atoms with van der Waals surface area (Å²) in [5, 5.41) is 0. The molecular weight excluding hydrogens is 799 g/mol. The summed E-state index contributed by atoms with van der Waals surface area (Å²) >= 11 is 5.32. The minimum Gasteiger partial charge on any atom is -0.132 e. The molecule has 2 aromatic carbocycles. The number of benzene rings is 2. The minimum absolute atomic E-state index is 0.856. The summed E-state index contributed by atoms with van der Waals surface area (Å²) in [6, 6.07) is 17.6. The van der Waals surface area contributed by atoms with Crippen LogP contribution in [-0.4, -0.2) is 32.3 Å². The number of hydrogen-bond donors (Lipinski definition) is 0. The highest BCUT2D eigenvalue weighted by Crippen LogP contribution is 2.41. The summed E-state index contributed by atoms with van der Waals surface area (Å²) < 4.78 is 3.34. The SMILES string of the molecule is C[Si](C)(C)/C(I)=C1\Cc2ccccc2C\C1=C(\I)[Si](C)(C)C.C[Si](C)(C)C#CCc1ccccc1CC#C[Si](C)(C)C. The molecule has 0 amide bonds. The minimum atomic E-state index is -1.27. The van der Waals surface area contributed by atoms with Crippen molar-refractivity contribution in [2.75, 3.05) is 0 Å². The lowest BCUT2D eigenvalue weighted by Crippen LogP contribution is -2.28. The molecule has 226 valence electrons. The smallest absolute Gasteiger partial charge is 0.129 e. The zero-order valence-corrected chi connectivity index (χ0v) is 36.5. The summed E-state index contributed by atoms with van der Waals surface area (Å²) in [6.45, 7) is 28.5. The predicted molar refractivity (Wildman–Crippen MR) is 219 cm³/mol.